The van der Waals surface area contributed by atoms with Crippen molar-refractivity contribution in [1.82, 2.24) is 9.78 Å². The fourth-order valence-electron chi connectivity index (χ4n) is 2.07. The van der Waals surface area contributed by atoms with Crippen molar-refractivity contribution in [3.63, 3.8) is 0 Å². The fraction of sp³-hybridized carbons (Fsp3) is 0.231. The van der Waals surface area contributed by atoms with Crippen molar-refractivity contribution in [2.45, 2.75) is 13.0 Å². The number of rotatable bonds is 1. The Kier molecular flexibility index (Phi) is 2.40. The first-order valence-corrected chi connectivity index (χ1v) is 5.65. The van der Waals surface area contributed by atoms with Crippen LogP contribution in [0, 0.1) is 0 Å². The molecule has 0 spiro atoms. The highest BCUT2D eigenvalue weighted by Gasteiger charge is 2.15. The van der Waals surface area contributed by atoms with Gasteiger partial charge in [-0.1, -0.05) is 12.1 Å². The Hall–Kier alpha value is -2.10. The van der Waals surface area contributed by atoms with E-state index in [4.69, 9.17) is 4.74 Å². The van der Waals surface area contributed by atoms with Crippen molar-refractivity contribution in [2.75, 3.05) is 6.61 Å². The van der Waals surface area contributed by atoms with E-state index in [2.05, 4.69) is 16.8 Å². The zero-order chi connectivity index (χ0) is 11.7. The summed E-state index contributed by atoms with van der Waals surface area (Å²) in [5.41, 5.74) is 2.11. The lowest BCUT2D eigenvalue weighted by molar-refractivity contribution is 0.295. The van der Waals surface area contributed by atoms with Crippen molar-refractivity contribution in [3.05, 3.63) is 30.3 Å². The number of aryl methyl sites for hydroxylation is 1. The van der Waals surface area contributed by atoms with Crippen LogP contribution in [-0.4, -0.2) is 23.1 Å². The van der Waals surface area contributed by atoms with Crippen molar-refractivity contribution in [2.24, 2.45) is 4.99 Å². The molecule has 1 aromatic heterocycles. The average molecular weight is 227 g/mol. The van der Waals surface area contributed by atoms with Crippen LogP contribution in [0.1, 0.15) is 6.42 Å². The summed E-state index contributed by atoms with van der Waals surface area (Å²) in [6, 6.07) is 9.95. The Balaban J connectivity index is 2.20. The molecule has 0 bridgehead atoms. The predicted molar refractivity (Wildman–Crippen MR) is 67.0 cm³/mol. The SMILES string of the molecule is C=Nc1cc2n(n1)CCCOc1ccccc1-2. The van der Waals surface area contributed by atoms with E-state index in [1.165, 1.54) is 0 Å². The third-order valence-corrected chi connectivity index (χ3v) is 2.86. The molecule has 3 rings (SSSR count). The lowest BCUT2D eigenvalue weighted by Gasteiger charge is -2.16. The maximum absolute atomic E-state index is 5.74. The highest BCUT2D eigenvalue weighted by Crippen LogP contribution is 2.33. The third kappa shape index (κ3) is 1.71. The maximum atomic E-state index is 5.74. The van der Waals surface area contributed by atoms with Crippen LogP contribution < -0.4 is 4.74 Å². The first-order chi connectivity index (χ1) is 8.38. The second-order valence-corrected chi connectivity index (χ2v) is 3.97. The topological polar surface area (TPSA) is 39.4 Å². The van der Waals surface area contributed by atoms with Crippen LogP contribution in [0.4, 0.5) is 5.82 Å². The van der Waals surface area contributed by atoms with Gasteiger partial charge in [0.25, 0.3) is 0 Å². The molecule has 0 saturated carbocycles. The second-order valence-electron chi connectivity index (χ2n) is 3.97. The van der Waals surface area contributed by atoms with Crippen LogP contribution in [0.2, 0.25) is 0 Å². The van der Waals surface area contributed by atoms with Gasteiger partial charge in [-0.3, -0.25) is 4.68 Å². The van der Waals surface area contributed by atoms with Gasteiger partial charge in [0, 0.05) is 24.6 Å². The van der Waals surface area contributed by atoms with E-state index >= 15 is 0 Å². The van der Waals surface area contributed by atoms with Crippen LogP contribution >= 0.6 is 0 Å². The summed E-state index contributed by atoms with van der Waals surface area (Å²) in [5, 5.41) is 4.40. The van der Waals surface area contributed by atoms with Crippen LogP contribution in [0.5, 0.6) is 5.75 Å². The molecular weight excluding hydrogens is 214 g/mol. The molecule has 0 saturated heterocycles. The van der Waals surface area contributed by atoms with Crippen LogP contribution in [0.15, 0.2) is 35.3 Å². The minimum atomic E-state index is 0.664. The Bertz CT molecular complexity index is 560. The molecule has 86 valence electrons. The minimum Gasteiger partial charge on any atom is -0.493 e. The quantitative estimate of drug-likeness (QED) is 0.702. The van der Waals surface area contributed by atoms with Gasteiger partial charge in [0.2, 0.25) is 0 Å². The number of ether oxygens (including phenoxy) is 1. The lowest BCUT2D eigenvalue weighted by atomic mass is 10.1. The Morgan fingerprint density at radius 2 is 2.24 bits per heavy atom. The molecule has 0 unspecified atom stereocenters. The van der Waals surface area contributed by atoms with Crippen molar-refractivity contribution in [3.8, 4) is 17.0 Å². The molecule has 17 heavy (non-hydrogen) atoms. The standard InChI is InChI=1S/C13H13N3O/c1-14-13-9-11-10-5-2-3-6-12(10)17-8-4-7-16(11)15-13/h2-3,5-6,9H,1,4,7-8H2. The van der Waals surface area contributed by atoms with Gasteiger partial charge >= 0.3 is 0 Å². The second kappa shape index (κ2) is 4.05. The van der Waals surface area contributed by atoms with Crippen molar-refractivity contribution < 1.29 is 4.74 Å². The molecule has 0 radical (unpaired) electrons. The summed E-state index contributed by atoms with van der Waals surface area (Å²) in [6.45, 7) is 5.08. The number of hydrogen-bond donors (Lipinski definition) is 0. The largest absolute Gasteiger partial charge is 0.493 e. The minimum absolute atomic E-state index is 0.664. The predicted octanol–water partition coefficient (Wildman–Crippen LogP) is 2.66. The number of para-hydroxylation sites is 1. The molecule has 1 aromatic carbocycles. The van der Waals surface area contributed by atoms with Crippen LogP contribution in [0.3, 0.4) is 0 Å². The zero-order valence-corrected chi connectivity index (χ0v) is 9.47. The van der Waals surface area contributed by atoms with Crippen LogP contribution in [-0.2, 0) is 6.54 Å². The summed E-state index contributed by atoms with van der Waals surface area (Å²) in [6.07, 6.45) is 0.944. The molecule has 1 aliphatic heterocycles. The number of aliphatic imine (C=N–C) groups is 1. The molecule has 2 heterocycles. The number of aromatic nitrogens is 2. The van der Waals surface area contributed by atoms with Gasteiger partial charge in [0.1, 0.15) is 5.75 Å². The molecule has 0 fully saturated rings. The van der Waals surface area contributed by atoms with E-state index in [-0.39, 0.29) is 0 Å². The summed E-state index contributed by atoms with van der Waals surface area (Å²) in [7, 11) is 0. The fourth-order valence-corrected chi connectivity index (χ4v) is 2.07. The van der Waals surface area contributed by atoms with Crippen LogP contribution in [0.25, 0.3) is 11.3 Å². The lowest BCUT2D eigenvalue weighted by Crippen LogP contribution is -2.10. The maximum Gasteiger partial charge on any atom is 0.173 e. The van der Waals surface area contributed by atoms with Crippen molar-refractivity contribution in [1.29, 1.82) is 0 Å². The monoisotopic (exact) mass is 227 g/mol. The summed E-state index contributed by atoms with van der Waals surface area (Å²) >= 11 is 0. The van der Waals surface area contributed by atoms with E-state index in [0.29, 0.717) is 12.4 Å². The summed E-state index contributed by atoms with van der Waals surface area (Å²) < 4.78 is 7.72. The molecule has 1 aliphatic rings. The number of benzene rings is 1. The number of hydrogen-bond acceptors (Lipinski definition) is 3. The molecule has 0 atom stereocenters. The van der Waals surface area contributed by atoms with Crippen molar-refractivity contribution >= 4 is 12.5 Å². The molecule has 4 heteroatoms. The van der Waals surface area contributed by atoms with Gasteiger partial charge < -0.3 is 4.74 Å². The van der Waals surface area contributed by atoms with Gasteiger partial charge in [0.15, 0.2) is 5.82 Å². The van der Waals surface area contributed by atoms with Gasteiger partial charge in [-0.15, -0.1) is 0 Å². The summed E-state index contributed by atoms with van der Waals surface area (Å²) in [4.78, 5) is 3.89. The normalized spacial score (nSPS) is 13.9. The molecule has 4 nitrogen and oxygen atoms in total. The van der Waals surface area contributed by atoms with E-state index in [9.17, 15) is 0 Å². The molecule has 0 aliphatic carbocycles. The van der Waals surface area contributed by atoms with E-state index in [1.54, 1.807) is 0 Å². The van der Waals surface area contributed by atoms with Gasteiger partial charge in [-0.2, -0.15) is 5.10 Å². The third-order valence-electron chi connectivity index (χ3n) is 2.86. The number of nitrogens with zero attached hydrogens (tertiary/aromatic N) is 3. The van der Waals surface area contributed by atoms with Gasteiger partial charge in [-0.05, 0) is 18.9 Å². The molecule has 0 N–H and O–H groups in total. The Morgan fingerprint density at radius 3 is 3.12 bits per heavy atom. The van der Waals surface area contributed by atoms with E-state index in [1.807, 2.05) is 35.0 Å². The molecule has 2 aromatic rings. The summed E-state index contributed by atoms with van der Waals surface area (Å²) in [5.74, 6) is 1.57. The molecular formula is C13H13N3O. The Labute approximate surface area is 99.6 Å². The van der Waals surface area contributed by atoms with E-state index in [0.717, 1.165) is 30.0 Å². The first kappa shape index (κ1) is 10.1. The molecule has 0 amide bonds. The highest BCUT2D eigenvalue weighted by atomic mass is 16.5. The smallest absolute Gasteiger partial charge is 0.173 e. The zero-order valence-electron chi connectivity index (χ0n) is 9.47. The van der Waals surface area contributed by atoms with Gasteiger partial charge in [-0.25, -0.2) is 4.99 Å². The average Bonchev–Trinajstić information content (AvgIpc) is 2.75. The van der Waals surface area contributed by atoms with Gasteiger partial charge in [0.05, 0.1) is 12.3 Å². The highest BCUT2D eigenvalue weighted by molar-refractivity contribution is 5.70. The number of fused-ring (bicyclic) bond motifs is 3. The first-order valence-electron chi connectivity index (χ1n) is 5.65. The Morgan fingerprint density at radius 1 is 1.35 bits per heavy atom. The van der Waals surface area contributed by atoms with E-state index < -0.39 is 0 Å².